The molecule has 0 saturated carbocycles. The lowest BCUT2D eigenvalue weighted by Gasteiger charge is -2.27. The lowest BCUT2D eigenvalue weighted by atomic mass is 9.93. The molecule has 1 aliphatic heterocycles. The molecule has 1 fully saturated rings. The highest BCUT2D eigenvalue weighted by Crippen LogP contribution is 2.39. The molecule has 0 radical (unpaired) electrons. The third-order valence-corrected chi connectivity index (χ3v) is 5.80. The fraction of sp³-hybridized carbons (Fsp3) is 0.409. The summed E-state index contributed by atoms with van der Waals surface area (Å²) in [7, 11) is 3.17. The average Bonchev–Trinajstić information content (AvgIpc) is 3.22. The van der Waals surface area contributed by atoms with E-state index < -0.39 is 5.56 Å². The summed E-state index contributed by atoms with van der Waals surface area (Å²) in [4.78, 5) is 42.6. The molecule has 2 aromatic rings. The fourth-order valence-corrected chi connectivity index (χ4v) is 4.32. The van der Waals surface area contributed by atoms with Crippen LogP contribution in [0, 0.1) is 0 Å². The zero-order valence-electron chi connectivity index (χ0n) is 16.6. The summed E-state index contributed by atoms with van der Waals surface area (Å²) in [5.41, 5.74) is 1.58. The molecule has 1 amide bonds. The Bertz CT molecular complexity index is 1030. The molecule has 1 N–H and O–H groups in total. The Morgan fingerprint density at radius 1 is 1.10 bits per heavy atom. The van der Waals surface area contributed by atoms with Crippen molar-refractivity contribution < 1.29 is 19.1 Å². The van der Waals surface area contributed by atoms with Crippen molar-refractivity contribution >= 4 is 11.7 Å². The van der Waals surface area contributed by atoms with Crippen LogP contribution in [0.3, 0.4) is 0 Å². The Kier molecular flexibility index (Phi) is 5.13. The summed E-state index contributed by atoms with van der Waals surface area (Å²) in [6.45, 7) is 0.545. The van der Waals surface area contributed by atoms with Crippen LogP contribution in [-0.4, -0.2) is 42.3 Å². The monoisotopic (exact) mass is 396 g/mol. The van der Waals surface area contributed by atoms with Crippen molar-refractivity contribution in [3.8, 4) is 11.5 Å². The molecular formula is C22H24N2O5. The van der Waals surface area contributed by atoms with Crippen molar-refractivity contribution in [3.05, 3.63) is 57.0 Å². The number of aryl methyl sites for hydroxylation is 1. The molecule has 1 aliphatic carbocycles. The number of carbonyl (C=O) groups is 2. The first-order valence-electron chi connectivity index (χ1n) is 9.85. The van der Waals surface area contributed by atoms with Gasteiger partial charge in [-0.1, -0.05) is 0 Å². The van der Waals surface area contributed by atoms with Gasteiger partial charge in [0.05, 0.1) is 20.3 Å². The van der Waals surface area contributed by atoms with Crippen LogP contribution >= 0.6 is 0 Å². The second-order valence-corrected chi connectivity index (χ2v) is 7.45. The number of aromatic amines is 1. The highest BCUT2D eigenvalue weighted by atomic mass is 16.5. The van der Waals surface area contributed by atoms with E-state index >= 15 is 0 Å². The number of ether oxygens (including phenoxy) is 2. The van der Waals surface area contributed by atoms with Gasteiger partial charge >= 0.3 is 0 Å². The highest BCUT2D eigenvalue weighted by molar-refractivity contribution is 6.01. The summed E-state index contributed by atoms with van der Waals surface area (Å²) in [5.74, 6) is 0.939. The number of benzene rings is 1. The number of aromatic nitrogens is 1. The number of fused-ring (bicyclic) bond motifs is 1. The first-order chi connectivity index (χ1) is 14.0. The van der Waals surface area contributed by atoms with E-state index in [1.54, 1.807) is 25.2 Å². The average molecular weight is 396 g/mol. The Balaban J connectivity index is 1.70. The van der Waals surface area contributed by atoms with Crippen LogP contribution in [-0.2, 0) is 6.42 Å². The number of pyridine rings is 1. The van der Waals surface area contributed by atoms with Gasteiger partial charge in [0.1, 0.15) is 17.1 Å². The van der Waals surface area contributed by atoms with Crippen molar-refractivity contribution in [2.75, 3.05) is 20.8 Å². The minimum absolute atomic E-state index is 0.0219. The maximum atomic E-state index is 13.3. The minimum atomic E-state index is -0.434. The van der Waals surface area contributed by atoms with Gasteiger partial charge in [0.15, 0.2) is 5.78 Å². The van der Waals surface area contributed by atoms with Crippen molar-refractivity contribution in [3.63, 3.8) is 0 Å². The van der Waals surface area contributed by atoms with Crippen LogP contribution in [0.4, 0.5) is 0 Å². The summed E-state index contributed by atoms with van der Waals surface area (Å²) in [5, 5.41) is 0. The number of likely N-dealkylation sites (tertiary alicyclic amines) is 1. The number of carbonyl (C=O) groups excluding carboxylic acids is 2. The molecule has 152 valence electrons. The minimum Gasteiger partial charge on any atom is -0.497 e. The largest absolute Gasteiger partial charge is 0.497 e. The highest BCUT2D eigenvalue weighted by Gasteiger charge is 2.34. The lowest BCUT2D eigenvalue weighted by Crippen LogP contribution is -2.35. The van der Waals surface area contributed by atoms with Crippen LogP contribution in [0.25, 0.3) is 0 Å². The summed E-state index contributed by atoms with van der Waals surface area (Å²) in [6, 6.07) is 6.81. The molecule has 1 aromatic heterocycles. The van der Waals surface area contributed by atoms with E-state index in [-0.39, 0.29) is 23.3 Å². The molecule has 29 heavy (non-hydrogen) atoms. The first-order valence-corrected chi connectivity index (χ1v) is 9.85. The van der Waals surface area contributed by atoms with Gasteiger partial charge < -0.3 is 19.4 Å². The number of rotatable bonds is 4. The Morgan fingerprint density at radius 3 is 2.69 bits per heavy atom. The molecule has 0 spiro atoms. The molecule has 0 bridgehead atoms. The molecule has 1 unspecified atom stereocenters. The number of methoxy groups -OCH3 is 2. The van der Waals surface area contributed by atoms with Crippen LogP contribution in [0.1, 0.15) is 63.7 Å². The van der Waals surface area contributed by atoms with E-state index in [1.807, 2.05) is 12.1 Å². The zero-order chi connectivity index (χ0) is 20.5. The van der Waals surface area contributed by atoms with Gasteiger partial charge in [-0.05, 0) is 43.9 Å². The SMILES string of the molecule is COc1ccc(C2CCCN2C(=O)c2cc3c([nH]c2=O)CCCC3=O)c(OC)c1. The smallest absolute Gasteiger partial charge is 0.261 e. The van der Waals surface area contributed by atoms with Crippen molar-refractivity contribution in [1.29, 1.82) is 0 Å². The number of hydrogen-bond donors (Lipinski definition) is 1. The molecule has 7 heteroatoms. The fourth-order valence-electron chi connectivity index (χ4n) is 4.32. The molecular weight excluding hydrogens is 372 g/mol. The third-order valence-electron chi connectivity index (χ3n) is 5.80. The molecule has 2 heterocycles. The standard InChI is InChI=1S/C22H24N2O5/c1-28-13-8-9-14(20(11-13)29-2)18-6-4-10-24(18)22(27)16-12-15-17(23-21(16)26)5-3-7-19(15)25/h8-9,11-12,18H,3-7,10H2,1-2H3,(H,23,26). The van der Waals surface area contributed by atoms with Gasteiger partial charge in [-0.2, -0.15) is 0 Å². The maximum Gasteiger partial charge on any atom is 0.261 e. The molecule has 1 saturated heterocycles. The van der Waals surface area contributed by atoms with Gasteiger partial charge in [-0.25, -0.2) is 0 Å². The summed E-state index contributed by atoms with van der Waals surface area (Å²) < 4.78 is 10.8. The quantitative estimate of drug-likeness (QED) is 0.858. The number of nitrogens with one attached hydrogen (secondary N) is 1. The molecule has 1 atom stereocenters. The van der Waals surface area contributed by atoms with Gasteiger partial charge in [-0.15, -0.1) is 0 Å². The normalized spacial score (nSPS) is 18.5. The van der Waals surface area contributed by atoms with E-state index in [0.29, 0.717) is 42.1 Å². The summed E-state index contributed by atoms with van der Waals surface area (Å²) >= 11 is 0. The molecule has 2 aliphatic rings. The van der Waals surface area contributed by atoms with Crippen LogP contribution in [0.5, 0.6) is 11.5 Å². The number of ketones is 1. The Hall–Kier alpha value is -3.09. The van der Waals surface area contributed by atoms with E-state index in [4.69, 9.17) is 9.47 Å². The van der Waals surface area contributed by atoms with Gasteiger partial charge in [-0.3, -0.25) is 14.4 Å². The second kappa shape index (κ2) is 7.73. The first kappa shape index (κ1) is 19.2. The predicted molar refractivity (Wildman–Crippen MR) is 107 cm³/mol. The van der Waals surface area contributed by atoms with Crippen molar-refractivity contribution in [2.24, 2.45) is 0 Å². The van der Waals surface area contributed by atoms with Gasteiger partial charge in [0, 0.05) is 35.9 Å². The van der Waals surface area contributed by atoms with E-state index in [9.17, 15) is 14.4 Å². The maximum absolute atomic E-state index is 13.3. The predicted octanol–water partition coefficient (Wildman–Crippen LogP) is 2.89. The van der Waals surface area contributed by atoms with Crippen LogP contribution in [0.2, 0.25) is 0 Å². The zero-order valence-corrected chi connectivity index (χ0v) is 16.6. The van der Waals surface area contributed by atoms with Gasteiger partial charge in [0.25, 0.3) is 11.5 Å². The van der Waals surface area contributed by atoms with Gasteiger partial charge in [0.2, 0.25) is 0 Å². The number of amides is 1. The third kappa shape index (κ3) is 3.41. The summed E-state index contributed by atoms with van der Waals surface area (Å²) in [6.07, 6.45) is 3.42. The van der Waals surface area contributed by atoms with E-state index in [0.717, 1.165) is 24.8 Å². The second-order valence-electron chi connectivity index (χ2n) is 7.45. The van der Waals surface area contributed by atoms with Crippen LogP contribution in [0.15, 0.2) is 29.1 Å². The van der Waals surface area contributed by atoms with E-state index in [1.165, 1.54) is 6.07 Å². The van der Waals surface area contributed by atoms with Crippen molar-refractivity contribution in [1.82, 2.24) is 9.88 Å². The number of Topliss-reactive ketones (excluding diaryl/α,β-unsaturated/α-hetero) is 1. The van der Waals surface area contributed by atoms with Crippen molar-refractivity contribution in [2.45, 2.75) is 38.1 Å². The number of hydrogen-bond acceptors (Lipinski definition) is 5. The lowest BCUT2D eigenvalue weighted by molar-refractivity contribution is 0.0732. The Morgan fingerprint density at radius 2 is 1.93 bits per heavy atom. The molecule has 7 nitrogen and oxygen atoms in total. The number of nitrogens with zero attached hydrogens (tertiary/aromatic N) is 1. The Labute approximate surface area is 168 Å². The van der Waals surface area contributed by atoms with Crippen LogP contribution < -0.4 is 15.0 Å². The van der Waals surface area contributed by atoms with E-state index in [2.05, 4.69) is 4.98 Å². The number of H-pyrrole nitrogens is 1. The topological polar surface area (TPSA) is 88.7 Å². The molecule has 4 rings (SSSR count). The molecule has 1 aromatic carbocycles.